The Morgan fingerprint density at radius 2 is 2.04 bits per heavy atom. The standard InChI is InChI=1S/C21H20O5S/c1-3-7-18(23)25-19(4-2)26-21(24)14-10-11-16(22)15-12-13-8-5-6-9-17(13)27-20(14)15/h3,5-10,19H,4,11-12H2,1-2H3/b7-3+. The number of hydrogen-bond donors (Lipinski definition) is 0. The number of rotatable bonds is 5. The third kappa shape index (κ3) is 4.22. The van der Waals surface area contributed by atoms with Gasteiger partial charge in [0.05, 0.1) is 5.57 Å². The number of ether oxygens (including phenoxy) is 2. The van der Waals surface area contributed by atoms with Crippen LogP contribution in [0.5, 0.6) is 0 Å². The van der Waals surface area contributed by atoms with Crippen molar-refractivity contribution in [2.45, 2.75) is 44.3 Å². The molecule has 140 valence electrons. The molecule has 1 aliphatic carbocycles. The smallest absolute Gasteiger partial charge is 0.342 e. The summed E-state index contributed by atoms with van der Waals surface area (Å²) in [5.41, 5.74) is 2.09. The van der Waals surface area contributed by atoms with Gasteiger partial charge >= 0.3 is 11.9 Å². The second-order valence-electron chi connectivity index (χ2n) is 6.12. The van der Waals surface area contributed by atoms with Crippen molar-refractivity contribution in [3.63, 3.8) is 0 Å². The third-order valence-corrected chi connectivity index (χ3v) is 5.53. The second-order valence-corrected chi connectivity index (χ2v) is 7.17. The van der Waals surface area contributed by atoms with Crippen LogP contribution in [-0.2, 0) is 30.3 Å². The fourth-order valence-electron chi connectivity index (χ4n) is 2.90. The lowest BCUT2D eigenvalue weighted by Crippen LogP contribution is -2.26. The zero-order chi connectivity index (χ0) is 19.4. The third-order valence-electron chi connectivity index (χ3n) is 4.24. The molecule has 2 aliphatic rings. The summed E-state index contributed by atoms with van der Waals surface area (Å²) in [4.78, 5) is 38.4. The molecule has 1 aromatic carbocycles. The van der Waals surface area contributed by atoms with E-state index in [4.69, 9.17) is 9.47 Å². The summed E-state index contributed by atoms with van der Waals surface area (Å²) in [5, 5.41) is 0. The summed E-state index contributed by atoms with van der Waals surface area (Å²) in [6, 6.07) is 7.83. The fourth-order valence-corrected chi connectivity index (χ4v) is 4.12. The van der Waals surface area contributed by atoms with Gasteiger partial charge < -0.3 is 9.47 Å². The van der Waals surface area contributed by atoms with Gasteiger partial charge in [-0.05, 0) is 18.6 Å². The number of benzene rings is 1. The van der Waals surface area contributed by atoms with Gasteiger partial charge in [0.25, 0.3) is 0 Å². The molecular weight excluding hydrogens is 364 g/mol. The van der Waals surface area contributed by atoms with Crippen LogP contribution in [0.15, 0.2) is 63.4 Å². The van der Waals surface area contributed by atoms with E-state index in [1.54, 1.807) is 26.0 Å². The second kappa shape index (κ2) is 8.39. The summed E-state index contributed by atoms with van der Waals surface area (Å²) in [5.74, 6) is -1.12. The van der Waals surface area contributed by atoms with Gasteiger partial charge in [0.1, 0.15) is 0 Å². The first-order valence-electron chi connectivity index (χ1n) is 8.80. The first-order chi connectivity index (χ1) is 13.0. The van der Waals surface area contributed by atoms with E-state index in [0.717, 1.165) is 10.5 Å². The molecule has 1 atom stereocenters. The largest absolute Gasteiger partial charge is 0.422 e. The predicted octanol–water partition coefficient (Wildman–Crippen LogP) is 3.89. The van der Waals surface area contributed by atoms with E-state index in [2.05, 4.69) is 0 Å². The number of Topliss-reactive ketones (excluding diaryl/α,β-unsaturated/α-hetero) is 1. The Bertz CT molecular complexity index is 878. The topological polar surface area (TPSA) is 69.7 Å². The summed E-state index contributed by atoms with van der Waals surface area (Å²) < 4.78 is 10.5. The Kier molecular flexibility index (Phi) is 5.96. The summed E-state index contributed by atoms with van der Waals surface area (Å²) in [6.45, 7) is 3.46. The highest BCUT2D eigenvalue weighted by Gasteiger charge is 2.32. The molecule has 6 heteroatoms. The van der Waals surface area contributed by atoms with Crippen LogP contribution in [0, 0.1) is 0 Å². The first-order valence-corrected chi connectivity index (χ1v) is 9.62. The number of allylic oxidation sites excluding steroid dienone is 3. The minimum atomic E-state index is -0.968. The van der Waals surface area contributed by atoms with Crippen molar-refractivity contribution in [2.75, 3.05) is 0 Å². The highest BCUT2D eigenvalue weighted by atomic mass is 32.2. The van der Waals surface area contributed by atoms with Crippen LogP contribution >= 0.6 is 11.8 Å². The molecule has 0 saturated heterocycles. The minimum Gasteiger partial charge on any atom is -0.422 e. The van der Waals surface area contributed by atoms with Crippen LogP contribution in [0.1, 0.15) is 32.3 Å². The van der Waals surface area contributed by atoms with Gasteiger partial charge in [-0.15, -0.1) is 0 Å². The Labute approximate surface area is 162 Å². The number of hydrogen-bond acceptors (Lipinski definition) is 6. The van der Waals surface area contributed by atoms with E-state index >= 15 is 0 Å². The molecule has 0 fully saturated rings. The average Bonchev–Trinajstić information content (AvgIpc) is 2.66. The maximum Gasteiger partial charge on any atom is 0.342 e. The van der Waals surface area contributed by atoms with Crippen molar-refractivity contribution in [3.05, 3.63) is 64.1 Å². The van der Waals surface area contributed by atoms with E-state index in [0.29, 0.717) is 28.9 Å². The van der Waals surface area contributed by atoms with Crippen molar-refractivity contribution in [1.29, 1.82) is 0 Å². The van der Waals surface area contributed by atoms with Gasteiger partial charge in [0.15, 0.2) is 5.78 Å². The van der Waals surface area contributed by atoms with Crippen molar-refractivity contribution in [3.8, 4) is 0 Å². The number of esters is 2. The number of ketones is 1. The van der Waals surface area contributed by atoms with Gasteiger partial charge in [0.2, 0.25) is 6.29 Å². The van der Waals surface area contributed by atoms with Gasteiger partial charge in [-0.2, -0.15) is 0 Å². The maximum atomic E-state index is 12.7. The SMILES string of the molecule is C/C=C/C(=O)OC(CC)OC(=O)C1=CCC(=O)C2=C1Sc1ccccc1C2. The molecule has 1 unspecified atom stereocenters. The molecule has 1 heterocycles. The van der Waals surface area contributed by atoms with Crippen LogP contribution in [0.25, 0.3) is 0 Å². The molecule has 0 aromatic heterocycles. The van der Waals surface area contributed by atoms with Crippen LogP contribution < -0.4 is 0 Å². The molecule has 5 nitrogen and oxygen atoms in total. The number of carbonyl (C=O) groups excluding carboxylic acids is 3. The van der Waals surface area contributed by atoms with Crippen molar-refractivity contribution in [1.82, 2.24) is 0 Å². The van der Waals surface area contributed by atoms with E-state index in [-0.39, 0.29) is 12.2 Å². The normalized spacial score (nSPS) is 17.1. The molecule has 0 radical (unpaired) electrons. The fraction of sp³-hybridized carbons (Fsp3) is 0.286. The lowest BCUT2D eigenvalue weighted by Gasteiger charge is -2.26. The lowest BCUT2D eigenvalue weighted by atomic mass is 9.92. The molecule has 1 aliphatic heterocycles. The van der Waals surface area contributed by atoms with Crippen LogP contribution in [0.4, 0.5) is 0 Å². The average molecular weight is 384 g/mol. The number of carbonyl (C=O) groups is 3. The van der Waals surface area contributed by atoms with Gasteiger partial charge in [-0.1, -0.05) is 49.0 Å². The summed E-state index contributed by atoms with van der Waals surface area (Å²) in [7, 11) is 0. The molecule has 3 rings (SSSR count). The Balaban J connectivity index is 1.80. The van der Waals surface area contributed by atoms with Crippen LogP contribution in [-0.4, -0.2) is 24.0 Å². The molecule has 0 saturated carbocycles. The van der Waals surface area contributed by atoms with E-state index in [1.807, 2.05) is 24.3 Å². The van der Waals surface area contributed by atoms with Crippen molar-refractivity contribution < 1.29 is 23.9 Å². The highest BCUT2D eigenvalue weighted by molar-refractivity contribution is 8.03. The van der Waals surface area contributed by atoms with Gasteiger partial charge in [-0.3, -0.25) is 4.79 Å². The molecule has 27 heavy (non-hydrogen) atoms. The molecule has 0 spiro atoms. The Hall–Kier alpha value is -2.60. The van der Waals surface area contributed by atoms with E-state index in [1.165, 1.54) is 17.8 Å². The number of fused-ring (bicyclic) bond motifs is 1. The van der Waals surface area contributed by atoms with Gasteiger partial charge in [-0.25, -0.2) is 9.59 Å². The molecule has 0 N–H and O–H groups in total. The molecular formula is C21H20O5S. The first kappa shape index (κ1) is 19.2. The predicted molar refractivity (Wildman–Crippen MR) is 102 cm³/mol. The quantitative estimate of drug-likeness (QED) is 0.436. The Morgan fingerprint density at radius 1 is 1.26 bits per heavy atom. The van der Waals surface area contributed by atoms with Crippen molar-refractivity contribution >= 4 is 29.5 Å². The van der Waals surface area contributed by atoms with Crippen molar-refractivity contribution in [2.24, 2.45) is 0 Å². The zero-order valence-corrected chi connectivity index (χ0v) is 16.0. The van der Waals surface area contributed by atoms with Crippen LogP contribution in [0.3, 0.4) is 0 Å². The maximum absolute atomic E-state index is 12.7. The number of thioether (sulfide) groups is 1. The summed E-state index contributed by atoms with van der Waals surface area (Å²) >= 11 is 1.41. The lowest BCUT2D eigenvalue weighted by molar-refractivity contribution is -0.181. The van der Waals surface area contributed by atoms with E-state index < -0.39 is 18.2 Å². The molecule has 0 amide bonds. The minimum absolute atomic E-state index is 0.0232. The van der Waals surface area contributed by atoms with E-state index in [9.17, 15) is 14.4 Å². The monoisotopic (exact) mass is 384 g/mol. The molecule has 0 bridgehead atoms. The molecule has 1 aromatic rings. The Morgan fingerprint density at radius 3 is 2.78 bits per heavy atom. The highest BCUT2D eigenvalue weighted by Crippen LogP contribution is 2.44. The van der Waals surface area contributed by atoms with Crippen LogP contribution in [0.2, 0.25) is 0 Å². The van der Waals surface area contributed by atoms with Gasteiger partial charge in [0, 0.05) is 40.7 Å². The zero-order valence-electron chi connectivity index (χ0n) is 15.2. The summed E-state index contributed by atoms with van der Waals surface area (Å²) in [6.07, 6.45) is 4.47.